The van der Waals surface area contributed by atoms with Crippen molar-refractivity contribution in [3.63, 3.8) is 0 Å². The fourth-order valence-corrected chi connectivity index (χ4v) is 2.30. The summed E-state index contributed by atoms with van der Waals surface area (Å²) >= 11 is 0. The van der Waals surface area contributed by atoms with E-state index in [0.29, 0.717) is 19.4 Å². The van der Waals surface area contributed by atoms with Gasteiger partial charge in [-0.2, -0.15) is 0 Å². The van der Waals surface area contributed by atoms with E-state index in [4.69, 9.17) is 0 Å². The fourth-order valence-electron chi connectivity index (χ4n) is 2.30. The molecule has 1 saturated heterocycles. The van der Waals surface area contributed by atoms with Crippen molar-refractivity contribution in [3.05, 3.63) is 30.3 Å². The van der Waals surface area contributed by atoms with Crippen LogP contribution in [0.2, 0.25) is 0 Å². The van der Waals surface area contributed by atoms with Crippen molar-refractivity contribution >= 4 is 18.0 Å². The largest absolute Gasteiger partial charge is 0.368 e. The van der Waals surface area contributed by atoms with E-state index >= 15 is 0 Å². The summed E-state index contributed by atoms with van der Waals surface area (Å²) in [6.07, 6.45) is 2.09. The molecule has 1 fully saturated rings. The van der Waals surface area contributed by atoms with E-state index in [2.05, 4.69) is 22.3 Å². The molecule has 1 aliphatic rings. The zero-order chi connectivity index (χ0) is 14.2. The van der Waals surface area contributed by atoms with Crippen LogP contribution in [-0.4, -0.2) is 49.9 Å². The number of anilines is 1. The Bertz CT molecular complexity index is 428. The van der Waals surface area contributed by atoms with Crippen molar-refractivity contribution < 1.29 is 9.59 Å². The average molecular weight is 275 g/mol. The molecule has 2 amide bonds. The predicted octanol–water partition coefficient (Wildman–Crippen LogP) is 1.50. The average Bonchev–Trinajstić information content (AvgIpc) is 2.52. The van der Waals surface area contributed by atoms with Gasteiger partial charge in [0.05, 0.1) is 0 Å². The number of benzene rings is 1. The molecule has 1 aromatic carbocycles. The molecule has 0 aliphatic carbocycles. The standard InChI is InChI=1S/C15H21N3O2/c19-13-5-4-8-16-15(20)18-11-9-17(10-12-18)14-6-2-1-3-7-14/h1-3,6-7,13H,4-5,8-12H2,(H,16,20). The number of piperazine rings is 1. The molecule has 0 spiro atoms. The zero-order valence-electron chi connectivity index (χ0n) is 11.6. The minimum Gasteiger partial charge on any atom is -0.368 e. The summed E-state index contributed by atoms with van der Waals surface area (Å²) in [4.78, 5) is 26.2. The van der Waals surface area contributed by atoms with Crippen molar-refractivity contribution in [1.82, 2.24) is 10.2 Å². The number of nitrogens with one attached hydrogen (secondary N) is 1. The van der Waals surface area contributed by atoms with E-state index in [9.17, 15) is 9.59 Å². The second-order valence-electron chi connectivity index (χ2n) is 4.85. The van der Waals surface area contributed by atoms with Crippen molar-refractivity contribution in [2.45, 2.75) is 12.8 Å². The Hall–Kier alpha value is -2.04. The third-order valence-corrected chi connectivity index (χ3v) is 3.46. The van der Waals surface area contributed by atoms with Gasteiger partial charge >= 0.3 is 6.03 Å². The summed E-state index contributed by atoms with van der Waals surface area (Å²) in [6.45, 7) is 3.73. The van der Waals surface area contributed by atoms with Gasteiger partial charge in [-0.25, -0.2) is 4.79 Å². The highest BCUT2D eigenvalue weighted by atomic mass is 16.2. The minimum atomic E-state index is -0.0244. The Kier molecular flexibility index (Phi) is 5.41. The summed E-state index contributed by atoms with van der Waals surface area (Å²) in [5.74, 6) is 0. The van der Waals surface area contributed by atoms with Crippen molar-refractivity contribution in [3.8, 4) is 0 Å². The van der Waals surface area contributed by atoms with Gasteiger partial charge in [0.2, 0.25) is 0 Å². The molecule has 1 heterocycles. The lowest BCUT2D eigenvalue weighted by atomic mass is 10.2. The van der Waals surface area contributed by atoms with Crippen molar-refractivity contribution in [1.29, 1.82) is 0 Å². The highest BCUT2D eigenvalue weighted by Crippen LogP contribution is 2.15. The fraction of sp³-hybridized carbons (Fsp3) is 0.467. The minimum absolute atomic E-state index is 0.0244. The summed E-state index contributed by atoms with van der Waals surface area (Å²) in [5.41, 5.74) is 1.21. The van der Waals surface area contributed by atoms with Gasteiger partial charge in [0.15, 0.2) is 0 Å². The number of unbranched alkanes of at least 4 members (excludes halogenated alkanes) is 1. The molecule has 0 radical (unpaired) electrons. The lowest BCUT2D eigenvalue weighted by Crippen LogP contribution is -2.52. The van der Waals surface area contributed by atoms with Gasteiger partial charge in [-0.15, -0.1) is 0 Å². The van der Waals surface area contributed by atoms with Crippen LogP contribution in [0, 0.1) is 0 Å². The van der Waals surface area contributed by atoms with Crippen LogP contribution in [-0.2, 0) is 4.79 Å². The first-order valence-corrected chi connectivity index (χ1v) is 7.07. The molecule has 1 N–H and O–H groups in total. The van der Waals surface area contributed by atoms with Crippen LogP contribution in [0.5, 0.6) is 0 Å². The van der Waals surface area contributed by atoms with Crippen molar-refractivity contribution in [2.24, 2.45) is 0 Å². The molecule has 1 aromatic rings. The number of carbonyl (C=O) groups is 2. The monoisotopic (exact) mass is 275 g/mol. The normalized spacial score (nSPS) is 15.0. The van der Waals surface area contributed by atoms with E-state index in [1.807, 2.05) is 23.1 Å². The number of carbonyl (C=O) groups excluding carboxylic acids is 2. The molecule has 5 heteroatoms. The first kappa shape index (κ1) is 14.4. The van der Waals surface area contributed by atoms with Gasteiger partial charge < -0.3 is 19.9 Å². The lowest BCUT2D eigenvalue weighted by molar-refractivity contribution is -0.107. The molecule has 108 valence electrons. The van der Waals surface area contributed by atoms with E-state index in [1.54, 1.807) is 0 Å². The van der Waals surface area contributed by atoms with Crippen LogP contribution in [0.4, 0.5) is 10.5 Å². The Morgan fingerprint density at radius 2 is 1.85 bits per heavy atom. The Balaban J connectivity index is 1.73. The Morgan fingerprint density at radius 1 is 1.15 bits per heavy atom. The van der Waals surface area contributed by atoms with Gasteiger partial charge in [0, 0.05) is 44.8 Å². The van der Waals surface area contributed by atoms with Crippen molar-refractivity contribution in [2.75, 3.05) is 37.6 Å². The van der Waals surface area contributed by atoms with Crippen LogP contribution in [0.25, 0.3) is 0 Å². The summed E-state index contributed by atoms with van der Waals surface area (Å²) in [6, 6.07) is 10.2. The second-order valence-corrected chi connectivity index (χ2v) is 4.85. The quantitative estimate of drug-likeness (QED) is 0.654. The predicted molar refractivity (Wildman–Crippen MR) is 78.9 cm³/mol. The van der Waals surface area contributed by atoms with Gasteiger partial charge in [-0.3, -0.25) is 0 Å². The van der Waals surface area contributed by atoms with E-state index < -0.39 is 0 Å². The molecular formula is C15H21N3O2. The third-order valence-electron chi connectivity index (χ3n) is 3.46. The molecule has 20 heavy (non-hydrogen) atoms. The van der Waals surface area contributed by atoms with Crippen LogP contribution in [0.3, 0.4) is 0 Å². The topological polar surface area (TPSA) is 52.7 Å². The summed E-state index contributed by atoms with van der Waals surface area (Å²) < 4.78 is 0. The number of hydrogen-bond donors (Lipinski definition) is 1. The first-order chi connectivity index (χ1) is 9.81. The number of nitrogens with zero attached hydrogens (tertiary/aromatic N) is 2. The zero-order valence-corrected chi connectivity index (χ0v) is 11.6. The SMILES string of the molecule is O=CCCCNC(=O)N1CCN(c2ccccc2)CC1. The second kappa shape index (κ2) is 7.53. The number of hydrogen-bond acceptors (Lipinski definition) is 3. The maximum atomic E-state index is 11.9. The highest BCUT2D eigenvalue weighted by Gasteiger charge is 2.20. The van der Waals surface area contributed by atoms with E-state index in [-0.39, 0.29) is 6.03 Å². The van der Waals surface area contributed by atoms with Gasteiger partial charge in [-0.1, -0.05) is 18.2 Å². The molecule has 2 rings (SSSR count). The summed E-state index contributed by atoms with van der Waals surface area (Å²) in [5, 5.41) is 2.85. The van der Waals surface area contributed by atoms with Gasteiger partial charge in [-0.05, 0) is 18.6 Å². The molecule has 0 bridgehead atoms. The highest BCUT2D eigenvalue weighted by molar-refractivity contribution is 5.74. The Morgan fingerprint density at radius 3 is 2.50 bits per heavy atom. The number of rotatable bonds is 5. The number of aldehydes is 1. The van der Waals surface area contributed by atoms with Crippen LogP contribution in [0.15, 0.2) is 30.3 Å². The number of para-hydroxylation sites is 1. The van der Waals surface area contributed by atoms with Crippen LogP contribution < -0.4 is 10.2 Å². The van der Waals surface area contributed by atoms with Crippen LogP contribution in [0.1, 0.15) is 12.8 Å². The van der Waals surface area contributed by atoms with E-state index in [0.717, 1.165) is 32.5 Å². The first-order valence-electron chi connectivity index (χ1n) is 7.07. The smallest absolute Gasteiger partial charge is 0.317 e. The molecule has 0 unspecified atom stereocenters. The number of urea groups is 1. The number of amides is 2. The molecule has 5 nitrogen and oxygen atoms in total. The summed E-state index contributed by atoms with van der Waals surface area (Å²) in [7, 11) is 0. The van der Waals surface area contributed by atoms with Gasteiger partial charge in [0.25, 0.3) is 0 Å². The lowest BCUT2D eigenvalue weighted by Gasteiger charge is -2.36. The third kappa shape index (κ3) is 3.98. The molecule has 0 saturated carbocycles. The van der Waals surface area contributed by atoms with E-state index in [1.165, 1.54) is 5.69 Å². The van der Waals surface area contributed by atoms with Crippen LogP contribution >= 0.6 is 0 Å². The maximum Gasteiger partial charge on any atom is 0.317 e. The van der Waals surface area contributed by atoms with Gasteiger partial charge in [0.1, 0.15) is 6.29 Å². The molecule has 0 aromatic heterocycles. The molecular weight excluding hydrogens is 254 g/mol. The molecule has 1 aliphatic heterocycles. The molecule has 0 atom stereocenters. The Labute approximate surface area is 119 Å². The maximum absolute atomic E-state index is 11.9.